The van der Waals surface area contributed by atoms with Crippen LogP contribution in [0, 0.1) is 0 Å². The van der Waals surface area contributed by atoms with Gasteiger partial charge in [-0.25, -0.2) is 0 Å². The Labute approximate surface area is 505 Å². The Kier molecular flexibility index (Phi) is 64.4. The average molecular weight is 1130 g/mol. The lowest BCUT2D eigenvalue weighted by Crippen LogP contribution is -2.30. The molecule has 6 heteroatoms. The lowest BCUT2D eigenvalue weighted by atomic mass is 10.1. The maximum absolute atomic E-state index is 13.0. The van der Waals surface area contributed by atoms with Gasteiger partial charge in [0, 0.05) is 19.3 Å². The maximum atomic E-state index is 13.0. The molecular formula is C76H122O6. The predicted octanol–water partition coefficient (Wildman–Crippen LogP) is 23.3. The minimum Gasteiger partial charge on any atom is -0.462 e. The number of unbranched alkanes of at least 4 members (excludes halogenated alkanes) is 22. The Morgan fingerprint density at radius 3 is 0.756 bits per heavy atom. The van der Waals surface area contributed by atoms with Crippen molar-refractivity contribution in [1.29, 1.82) is 0 Å². The van der Waals surface area contributed by atoms with Crippen LogP contribution in [0.5, 0.6) is 0 Å². The van der Waals surface area contributed by atoms with E-state index in [0.717, 1.165) is 154 Å². The molecule has 0 radical (unpaired) electrons. The van der Waals surface area contributed by atoms with Crippen LogP contribution in [0.4, 0.5) is 0 Å². The Hall–Kier alpha value is -4.97. The molecule has 0 N–H and O–H groups in total. The maximum Gasteiger partial charge on any atom is 0.306 e. The summed E-state index contributed by atoms with van der Waals surface area (Å²) in [6.07, 6.45) is 99.5. The molecule has 0 amide bonds. The number of ether oxygens (including phenoxy) is 3. The van der Waals surface area contributed by atoms with Gasteiger partial charge in [-0.2, -0.15) is 0 Å². The van der Waals surface area contributed by atoms with Crippen molar-refractivity contribution >= 4 is 17.9 Å². The molecule has 1 atom stereocenters. The molecule has 0 aliphatic rings. The molecule has 0 aromatic heterocycles. The van der Waals surface area contributed by atoms with Crippen molar-refractivity contribution in [2.24, 2.45) is 0 Å². The fourth-order valence-corrected chi connectivity index (χ4v) is 8.80. The van der Waals surface area contributed by atoms with E-state index in [-0.39, 0.29) is 31.1 Å². The summed E-state index contributed by atoms with van der Waals surface area (Å²) in [4.78, 5) is 38.4. The molecule has 1 unspecified atom stereocenters. The minimum atomic E-state index is -0.810. The number of carbonyl (C=O) groups excluding carboxylic acids is 3. The lowest BCUT2D eigenvalue weighted by Gasteiger charge is -2.18. The molecule has 0 rings (SSSR count). The van der Waals surface area contributed by atoms with Crippen LogP contribution in [0.3, 0.4) is 0 Å². The number of rotatable bonds is 59. The minimum absolute atomic E-state index is 0.102. The quantitative estimate of drug-likeness (QED) is 0.0261. The topological polar surface area (TPSA) is 78.9 Å². The van der Waals surface area contributed by atoms with Crippen molar-refractivity contribution in [3.05, 3.63) is 158 Å². The van der Waals surface area contributed by atoms with Crippen LogP contribution in [-0.2, 0) is 28.6 Å². The zero-order chi connectivity index (χ0) is 59.2. The van der Waals surface area contributed by atoms with Gasteiger partial charge in [0.2, 0.25) is 0 Å². The van der Waals surface area contributed by atoms with Crippen molar-refractivity contribution < 1.29 is 28.6 Å². The fraction of sp³-hybridized carbons (Fsp3) is 0.618. The Morgan fingerprint density at radius 1 is 0.256 bits per heavy atom. The second kappa shape index (κ2) is 68.5. The number of carbonyl (C=O) groups is 3. The summed E-state index contributed by atoms with van der Waals surface area (Å²) in [5.74, 6) is -0.951. The van der Waals surface area contributed by atoms with Crippen LogP contribution < -0.4 is 0 Å². The van der Waals surface area contributed by atoms with Gasteiger partial charge >= 0.3 is 17.9 Å². The second-order valence-electron chi connectivity index (χ2n) is 21.6. The van der Waals surface area contributed by atoms with Gasteiger partial charge < -0.3 is 14.2 Å². The van der Waals surface area contributed by atoms with E-state index in [0.29, 0.717) is 19.3 Å². The molecule has 0 bridgehead atoms. The highest BCUT2D eigenvalue weighted by Gasteiger charge is 2.19. The third-order valence-electron chi connectivity index (χ3n) is 13.7. The SMILES string of the molecule is CC/C=C\C/C=C\C/C=C\C/C=C\C/C=C\C/C=C\C/C=C\CCCCCC(=O)OCC(COC(=O)CCCCCCCCC/C=C\C/C=C\CCCCCC)OC(=O)CCCCCCCCCC/C=C\C/C=C\C/C=C\C/C=C\CC. The van der Waals surface area contributed by atoms with Crippen molar-refractivity contribution in [3.63, 3.8) is 0 Å². The molecule has 0 aliphatic heterocycles. The van der Waals surface area contributed by atoms with Gasteiger partial charge in [-0.3, -0.25) is 14.4 Å². The van der Waals surface area contributed by atoms with Gasteiger partial charge in [0.05, 0.1) is 0 Å². The lowest BCUT2D eigenvalue weighted by molar-refractivity contribution is -0.167. The fourth-order valence-electron chi connectivity index (χ4n) is 8.80. The summed E-state index contributed by atoms with van der Waals surface area (Å²) in [6, 6.07) is 0. The third-order valence-corrected chi connectivity index (χ3v) is 13.7. The zero-order valence-electron chi connectivity index (χ0n) is 52.9. The van der Waals surface area contributed by atoms with E-state index in [4.69, 9.17) is 14.2 Å². The molecule has 0 saturated carbocycles. The van der Waals surface area contributed by atoms with Crippen molar-refractivity contribution in [1.82, 2.24) is 0 Å². The molecule has 6 nitrogen and oxygen atoms in total. The van der Waals surface area contributed by atoms with Crippen LogP contribution in [0.1, 0.15) is 284 Å². The molecule has 82 heavy (non-hydrogen) atoms. The van der Waals surface area contributed by atoms with Crippen molar-refractivity contribution in [3.8, 4) is 0 Å². The number of hydrogen-bond acceptors (Lipinski definition) is 6. The summed E-state index contributed by atoms with van der Waals surface area (Å²) < 4.78 is 16.9. The monoisotopic (exact) mass is 1130 g/mol. The highest BCUT2D eigenvalue weighted by molar-refractivity contribution is 5.71. The number of hydrogen-bond donors (Lipinski definition) is 0. The first-order chi connectivity index (χ1) is 40.5. The second-order valence-corrected chi connectivity index (χ2v) is 21.6. The van der Waals surface area contributed by atoms with Crippen LogP contribution in [-0.4, -0.2) is 37.2 Å². The van der Waals surface area contributed by atoms with Gasteiger partial charge in [-0.1, -0.05) is 275 Å². The molecule has 0 heterocycles. The van der Waals surface area contributed by atoms with Crippen LogP contribution >= 0.6 is 0 Å². The summed E-state index contributed by atoms with van der Waals surface area (Å²) in [5, 5.41) is 0. The normalized spacial score (nSPS) is 13.2. The van der Waals surface area contributed by atoms with Gasteiger partial charge in [-0.15, -0.1) is 0 Å². The van der Waals surface area contributed by atoms with E-state index in [1.807, 2.05) is 0 Å². The van der Waals surface area contributed by atoms with E-state index in [2.05, 4.69) is 179 Å². The molecule has 462 valence electrons. The zero-order valence-corrected chi connectivity index (χ0v) is 52.9. The van der Waals surface area contributed by atoms with Gasteiger partial charge in [0.25, 0.3) is 0 Å². The van der Waals surface area contributed by atoms with E-state index >= 15 is 0 Å². The highest BCUT2D eigenvalue weighted by Crippen LogP contribution is 2.15. The van der Waals surface area contributed by atoms with E-state index in [1.54, 1.807) is 0 Å². The van der Waals surface area contributed by atoms with Crippen molar-refractivity contribution in [2.75, 3.05) is 13.2 Å². The average Bonchev–Trinajstić information content (AvgIpc) is 3.47. The van der Waals surface area contributed by atoms with Gasteiger partial charge in [0.1, 0.15) is 13.2 Å². The molecular weight excluding hydrogens is 1010 g/mol. The summed E-state index contributed by atoms with van der Waals surface area (Å²) >= 11 is 0. The molecule has 0 saturated heterocycles. The summed E-state index contributed by atoms with van der Waals surface area (Å²) in [6.45, 7) is 6.36. The molecule has 0 aliphatic carbocycles. The molecule has 0 aromatic rings. The Morgan fingerprint density at radius 2 is 0.476 bits per heavy atom. The van der Waals surface area contributed by atoms with Crippen LogP contribution in [0.2, 0.25) is 0 Å². The molecule has 0 aromatic carbocycles. The summed E-state index contributed by atoms with van der Waals surface area (Å²) in [7, 11) is 0. The third kappa shape index (κ3) is 65.8. The van der Waals surface area contributed by atoms with Gasteiger partial charge in [-0.05, 0) is 148 Å². The van der Waals surface area contributed by atoms with E-state index in [1.165, 1.54) is 89.9 Å². The number of esters is 3. The Balaban J connectivity index is 4.51. The molecule has 0 fully saturated rings. The highest BCUT2D eigenvalue weighted by atomic mass is 16.6. The first-order valence-electron chi connectivity index (χ1n) is 33.5. The van der Waals surface area contributed by atoms with Gasteiger partial charge in [0.15, 0.2) is 6.10 Å². The summed E-state index contributed by atoms with van der Waals surface area (Å²) in [5.41, 5.74) is 0. The first kappa shape index (κ1) is 77.0. The van der Waals surface area contributed by atoms with Crippen molar-refractivity contribution in [2.45, 2.75) is 290 Å². The Bertz CT molecular complexity index is 1830. The number of allylic oxidation sites excluding steroid dienone is 26. The van der Waals surface area contributed by atoms with E-state index < -0.39 is 6.10 Å². The van der Waals surface area contributed by atoms with Crippen LogP contribution in [0.15, 0.2) is 158 Å². The largest absolute Gasteiger partial charge is 0.462 e. The molecule has 0 spiro atoms. The van der Waals surface area contributed by atoms with E-state index in [9.17, 15) is 14.4 Å². The standard InChI is InChI=1S/C76H122O6/c1-4-7-10-13-16-19-22-25-28-31-34-36-37-38-39-41-42-45-48-51-54-57-60-63-66-69-75(78)81-72-73(71-80-74(77)68-65-62-59-56-53-50-47-44-33-30-27-24-21-18-15-12-9-6-3)82-76(79)70-67-64-61-58-55-52-49-46-43-40-35-32-29-26-23-20-17-14-11-8-5-2/h7-8,10-11,16-17,19-21,24-26,28-30,33-36,38-40,42,45,51,54,73H,4-6,9,12-15,18,22-23,27,31-32,37,41,43-44,46-50,52-53,55-72H2,1-3H3/b10-7-,11-8-,19-16-,20-17-,24-21-,28-25-,29-26-,33-30-,36-34-,39-38-,40-35-,45-42-,54-51-. The first-order valence-corrected chi connectivity index (χ1v) is 33.5. The predicted molar refractivity (Wildman–Crippen MR) is 357 cm³/mol. The smallest absolute Gasteiger partial charge is 0.306 e. The van der Waals surface area contributed by atoms with Crippen LogP contribution in [0.25, 0.3) is 0 Å².